The van der Waals surface area contributed by atoms with Gasteiger partial charge in [0, 0.05) is 26.7 Å². The second-order valence-corrected chi connectivity index (χ2v) is 8.15. The van der Waals surface area contributed by atoms with Crippen LogP contribution in [0.2, 0.25) is 0 Å². The molecule has 2 aliphatic rings. The summed E-state index contributed by atoms with van der Waals surface area (Å²) in [6.45, 7) is 4.60. The summed E-state index contributed by atoms with van der Waals surface area (Å²) in [5.41, 5.74) is 0. The summed E-state index contributed by atoms with van der Waals surface area (Å²) in [7, 11) is 1.66. The Hall–Kier alpha value is -2.55. The van der Waals surface area contributed by atoms with E-state index in [1.807, 2.05) is 60.7 Å². The molecule has 2 aliphatic heterocycles. The minimum absolute atomic E-state index is 0.0758. The third kappa shape index (κ3) is 11.7. The average Bonchev–Trinajstić information content (AvgIpc) is 3.09. The third-order valence-corrected chi connectivity index (χ3v) is 5.54. The number of thioether (sulfide) groups is 1. The molecular weight excluding hydrogens is 426 g/mol. The Morgan fingerprint density at radius 3 is 2.22 bits per heavy atom. The van der Waals surface area contributed by atoms with Gasteiger partial charge in [-0.05, 0) is 36.4 Å². The Kier molecular flexibility index (Phi) is 13.0. The molecule has 32 heavy (non-hydrogen) atoms. The highest BCUT2D eigenvalue weighted by molar-refractivity contribution is 7.99. The van der Waals surface area contributed by atoms with Gasteiger partial charge in [0.25, 0.3) is 0 Å². The first-order valence-electron chi connectivity index (χ1n) is 10.8. The van der Waals surface area contributed by atoms with Crippen LogP contribution in [0.4, 0.5) is 0 Å². The number of rotatable bonds is 4. The summed E-state index contributed by atoms with van der Waals surface area (Å²) in [6.07, 6.45) is 1.12. The van der Waals surface area contributed by atoms with Gasteiger partial charge < -0.3 is 20.1 Å². The normalized spacial score (nSPS) is 16.1. The molecule has 0 unspecified atom stereocenters. The molecule has 0 radical (unpaired) electrons. The van der Waals surface area contributed by atoms with Gasteiger partial charge in [-0.2, -0.15) is 11.8 Å². The minimum Gasteiger partial charge on any atom is -0.457 e. The second kappa shape index (κ2) is 16.1. The molecule has 2 saturated heterocycles. The molecule has 0 aliphatic carbocycles. The quantitative estimate of drug-likeness (QED) is 0.732. The number of para-hydroxylation sites is 2. The highest BCUT2D eigenvalue weighted by atomic mass is 32.2. The molecule has 7 nitrogen and oxygen atoms in total. The molecule has 0 aromatic heterocycles. The molecule has 2 fully saturated rings. The smallest absolute Gasteiger partial charge is 0.233 e. The van der Waals surface area contributed by atoms with E-state index in [0.717, 1.165) is 56.5 Å². The number of amides is 2. The number of likely N-dealkylation sites (N-methyl/N-ethyl adjacent to an activating group) is 1. The van der Waals surface area contributed by atoms with Crippen molar-refractivity contribution in [3.63, 3.8) is 0 Å². The van der Waals surface area contributed by atoms with Gasteiger partial charge >= 0.3 is 0 Å². The standard InChI is InChI=1S/C12H10O.C7H14N2O2.C5H9NOS/c1-3-7-11(8-4-1)13-12-9-5-2-6-10-12;1-8-7(10)6-9-2-4-11-5-3-9;7-5-4-8-3-1-2-6-5/h1-10H;2-6H2,1H3,(H,8,10);1-4H2,(H,6,7). The summed E-state index contributed by atoms with van der Waals surface area (Å²) in [5, 5.41) is 5.38. The monoisotopic (exact) mass is 459 g/mol. The van der Waals surface area contributed by atoms with Crippen molar-refractivity contribution in [1.29, 1.82) is 0 Å². The lowest BCUT2D eigenvalue weighted by atomic mass is 10.3. The SMILES string of the molecule is CNC(=O)CN1CCOCC1.O=C1CSCCCN1.c1ccc(Oc2ccccc2)cc1. The lowest BCUT2D eigenvalue weighted by molar-refractivity contribution is -0.122. The van der Waals surface area contributed by atoms with E-state index in [9.17, 15) is 9.59 Å². The second-order valence-electron chi connectivity index (χ2n) is 7.05. The zero-order valence-electron chi connectivity index (χ0n) is 18.6. The molecule has 0 saturated carbocycles. The third-order valence-electron chi connectivity index (χ3n) is 4.49. The van der Waals surface area contributed by atoms with Crippen LogP contribution in [0.3, 0.4) is 0 Å². The molecule has 8 heteroatoms. The summed E-state index contributed by atoms with van der Waals surface area (Å²) in [4.78, 5) is 23.5. The summed E-state index contributed by atoms with van der Waals surface area (Å²) in [5.74, 6) is 3.78. The molecule has 174 valence electrons. The van der Waals surface area contributed by atoms with Gasteiger partial charge in [-0.1, -0.05) is 36.4 Å². The van der Waals surface area contributed by atoms with Crippen molar-refractivity contribution in [2.75, 3.05) is 57.9 Å². The largest absolute Gasteiger partial charge is 0.457 e. The van der Waals surface area contributed by atoms with Crippen LogP contribution in [0.25, 0.3) is 0 Å². The first kappa shape index (κ1) is 25.7. The van der Waals surface area contributed by atoms with Crippen molar-refractivity contribution in [2.24, 2.45) is 0 Å². The van der Waals surface area contributed by atoms with Gasteiger partial charge in [-0.15, -0.1) is 0 Å². The molecule has 0 spiro atoms. The van der Waals surface area contributed by atoms with Crippen LogP contribution in [0.15, 0.2) is 60.7 Å². The van der Waals surface area contributed by atoms with E-state index in [4.69, 9.17) is 9.47 Å². The van der Waals surface area contributed by atoms with E-state index in [2.05, 4.69) is 15.5 Å². The Morgan fingerprint density at radius 2 is 1.66 bits per heavy atom. The highest BCUT2D eigenvalue weighted by Crippen LogP contribution is 2.19. The van der Waals surface area contributed by atoms with Gasteiger partial charge in [0.2, 0.25) is 11.8 Å². The zero-order chi connectivity index (χ0) is 22.9. The molecule has 0 atom stereocenters. The number of carbonyl (C=O) groups excluding carboxylic acids is 2. The molecular formula is C24H33N3O4S. The molecule has 2 aromatic carbocycles. The summed E-state index contributed by atoms with van der Waals surface area (Å²) >= 11 is 1.71. The van der Waals surface area contributed by atoms with E-state index in [1.54, 1.807) is 18.8 Å². The van der Waals surface area contributed by atoms with Crippen LogP contribution in [-0.2, 0) is 14.3 Å². The number of nitrogens with zero attached hydrogens (tertiary/aromatic N) is 1. The van der Waals surface area contributed by atoms with Gasteiger partial charge in [0.1, 0.15) is 11.5 Å². The Balaban J connectivity index is 0.000000175. The van der Waals surface area contributed by atoms with Crippen LogP contribution < -0.4 is 15.4 Å². The van der Waals surface area contributed by atoms with E-state index < -0.39 is 0 Å². The zero-order valence-corrected chi connectivity index (χ0v) is 19.4. The lowest BCUT2D eigenvalue weighted by Gasteiger charge is -2.25. The fourth-order valence-electron chi connectivity index (χ4n) is 2.77. The number of ether oxygens (including phenoxy) is 2. The maximum absolute atomic E-state index is 10.9. The number of benzene rings is 2. The van der Waals surface area contributed by atoms with E-state index in [-0.39, 0.29) is 11.8 Å². The average molecular weight is 460 g/mol. The van der Waals surface area contributed by atoms with Crippen LogP contribution >= 0.6 is 11.8 Å². The molecule has 2 N–H and O–H groups in total. The van der Waals surface area contributed by atoms with E-state index >= 15 is 0 Å². The predicted octanol–water partition coefficient (Wildman–Crippen LogP) is 2.78. The number of hydrogen-bond donors (Lipinski definition) is 2. The van der Waals surface area contributed by atoms with E-state index in [0.29, 0.717) is 12.3 Å². The van der Waals surface area contributed by atoms with Crippen molar-refractivity contribution < 1.29 is 19.1 Å². The number of morpholine rings is 1. The van der Waals surface area contributed by atoms with Crippen LogP contribution in [0, 0.1) is 0 Å². The molecule has 2 heterocycles. The topological polar surface area (TPSA) is 79.9 Å². The number of carbonyl (C=O) groups is 2. The first-order valence-corrected chi connectivity index (χ1v) is 12.0. The number of hydrogen-bond acceptors (Lipinski definition) is 6. The van der Waals surface area contributed by atoms with Crippen molar-refractivity contribution in [3.8, 4) is 11.5 Å². The maximum atomic E-state index is 10.9. The van der Waals surface area contributed by atoms with Gasteiger partial charge in [0.05, 0.1) is 25.5 Å². The van der Waals surface area contributed by atoms with Crippen molar-refractivity contribution in [1.82, 2.24) is 15.5 Å². The Bertz CT molecular complexity index is 724. The fourth-order valence-corrected chi connectivity index (χ4v) is 3.55. The molecule has 2 amide bonds. The van der Waals surface area contributed by atoms with Gasteiger partial charge in [-0.25, -0.2) is 0 Å². The van der Waals surface area contributed by atoms with Crippen LogP contribution in [0.5, 0.6) is 11.5 Å². The molecule has 4 rings (SSSR count). The van der Waals surface area contributed by atoms with Crippen molar-refractivity contribution in [3.05, 3.63) is 60.7 Å². The Labute approximate surface area is 194 Å². The van der Waals surface area contributed by atoms with Crippen LogP contribution in [-0.4, -0.2) is 74.7 Å². The first-order chi connectivity index (χ1) is 15.7. The minimum atomic E-state index is 0.0758. The maximum Gasteiger partial charge on any atom is 0.233 e. The summed E-state index contributed by atoms with van der Waals surface area (Å²) < 4.78 is 10.7. The predicted molar refractivity (Wildman–Crippen MR) is 129 cm³/mol. The van der Waals surface area contributed by atoms with Gasteiger partial charge in [0.15, 0.2) is 0 Å². The fraction of sp³-hybridized carbons (Fsp3) is 0.417. The Morgan fingerprint density at radius 1 is 1.06 bits per heavy atom. The van der Waals surface area contributed by atoms with Crippen molar-refractivity contribution >= 4 is 23.6 Å². The van der Waals surface area contributed by atoms with Gasteiger partial charge in [-0.3, -0.25) is 14.5 Å². The number of nitrogens with one attached hydrogen (secondary N) is 2. The molecule has 2 aromatic rings. The van der Waals surface area contributed by atoms with Crippen molar-refractivity contribution in [2.45, 2.75) is 6.42 Å². The van der Waals surface area contributed by atoms with Crippen LogP contribution in [0.1, 0.15) is 6.42 Å². The van der Waals surface area contributed by atoms with E-state index in [1.165, 1.54) is 0 Å². The molecule has 0 bridgehead atoms. The lowest BCUT2D eigenvalue weighted by Crippen LogP contribution is -2.42. The summed E-state index contributed by atoms with van der Waals surface area (Å²) in [6, 6.07) is 19.5. The highest BCUT2D eigenvalue weighted by Gasteiger charge is 2.12.